The zero-order valence-corrected chi connectivity index (χ0v) is 17.3. The highest BCUT2D eigenvalue weighted by molar-refractivity contribution is 6.30. The van der Waals surface area contributed by atoms with Gasteiger partial charge in [0.1, 0.15) is 11.6 Å². The van der Waals surface area contributed by atoms with Gasteiger partial charge in [0.2, 0.25) is 0 Å². The fraction of sp³-hybridized carbons (Fsp3) is 0. The van der Waals surface area contributed by atoms with E-state index in [2.05, 4.69) is 10.6 Å². The predicted octanol–water partition coefficient (Wildman–Crippen LogP) is 4.84. The molecule has 0 aromatic heterocycles. The Morgan fingerprint density at radius 2 is 1.53 bits per heavy atom. The summed E-state index contributed by atoms with van der Waals surface area (Å²) in [7, 11) is 0. The largest absolute Gasteiger partial charge is 0.478 e. The SMILES string of the molecule is N#C/C(=C\c1cccc(NC(=O)c2ccc(Cl)cc2)c1)C(=O)Nc1ccc(C(=O)O)cc1. The van der Waals surface area contributed by atoms with Crippen molar-refractivity contribution in [2.45, 2.75) is 0 Å². The Bertz CT molecular complexity index is 1240. The van der Waals surface area contributed by atoms with Gasteiger partial charge in [0.05, 0.1) is 5.56 Å². The number of rotatable bonds is 6. The summed E-state index contributed by atoms with van der Waals surface area (Å²) in [6.45, 7) is 0. The molecule has 3 rings (SSSR count). The second-order valence-electron chi connectivity index (χ2n) is 6.59. The minimum atomic E-state index is -1.08. The van der Waals surface area contributed by atoms with Crippen LogP contribution in [0.15, 0.2) is 78.4 Å². The van der Waals surface area contributed by atoms with Crippen LogP contribution in [0.3, 0.4) is 0 Å². The van der Waals surface area contributed by atoms with Crippen LogP contribution in [0.2, 0.25) is 5.02 Å². The lowest BCUT2D eigenvalue weighted by molar-refractivity contribution is -0.112. The van der Waals surface area contributed by atoms with Crippen LogP contribution in [-0.2, 0) is 4.79 Å². The highest BCUT2D eigenvalue weighted by atomic mass is 35.5. The highest BCUT2D eigenvalue weighted by Crippen LogP contribution is 2.17. The zero-order valence-electron chi connectivity index (χ0n) is 16.5. The van der Waals surface area contributed by atoms with E-state index >= 15 is 0 Å². The summed E-state index contributed by atoms with van der Waals surface area (Å²) >= 11 is 5.83. The number of amides is 2. The van der Waals surface area contributed by atoms with Gasteiger partial charge < -0.3 is 15.7 Å². The van der Waals surface area contributed by atoms with Gasteiger partial charge in [0.15, 0.2) is 0 Å². The predicted molar refractivity (Wildman–Crippen MR) is 121 cm³/mol. The topological polar surface area (TPSA) is 119 Å². The zero-order chi connectivity index (χ0) is 23.1. The van der Waals surface area contributed by atoms with Gasteiger partial charge in [-0.2, -0.15) is 5.26 Å². The van der Waals surface area contributed by atoms with Crippen LogP contribution in [0.25, 0.3) is 6.08 Å². The average molecular weight is 446 g/mol. The fourth-order valence-electron chi connectivity index (χ4n) is 2.72. The minimum Gasteiger partial charge on any atom is -0.478 e. The van der Waals surface area contributed by atoms with E-state index < -0.39 is 11.9 Å². The molecular formula is C24H16ClN3O4. The molecule has 0 aliphatic rings. The fourth-order valence-corrected chi connectivity index (χ4v) is 2.85. The van der Waals surface area contributed by atoms with Crippen LogP contribution in [0.5, 0.6) is 0 Å². The van der Waals surface area contributed by atoms with E-state index in [4.69, 9.17) is 16.7 Å². The van der Waals surface area contributed by atoms with Crippen LogP contribution in [0.1, 0.15) is 26.3 Å². The van der Waals surface area contributed by atoms with Crippen molar-refractivity contribution in [3.8, 4) is 6.07 Å². The monoisotopic (exact) mass is 445 g/mol. The summed E-state index contributed by atoms with van der Waals surface area (Å²) in [4.78, 5) is 35.7. The van der Waals surface area contributed by atoms with E-state index in [1.165, 1.54) is 30.3 Å². The summed E-state index contributed by atoms with van der Waals surface area (Å²) < 4.78 is 0. The van der Waals surface area contributed by atoms with E-state index in [1.54, 1.807) is 48.5 Å². The molecular weight excluding hydrogens is 430 g/mol. The molecule has 0 radical (unpaired) electrons. The second-order valence-corrected chi connectivity index (χ2v) is 7.03. The van der Waals surface area contributed by atoms with Gasteiger partial charge in [-0.25, -0.2) is 4.79 Å². The van der Waals surface area contributed by atoms with Crippen molar-refractivity contribution in [1.82, 2.24) is 0 Å². The Morgan fingerprint density at radius 1 is 0.875 bits per heavy atom. The van der Waals surface area contributed by atoms with E-state index in [0.29, 0.717) is 27.5 Å². The summed E-state index contributed by atoms with van der Waals surface area (Å²) in [5, 5.41) is 24.2. The summed E-state index contributed by atoms with van der Waals surface area (Å²) in [6.07, 6.45) is 1.39. The Hall–Kier alpha value is -4.41. The molecule has 3 aromatic carbocycles. The Morgan fingerprint density at radius 3 is 2.16 bits per heavy atom. The Labute approximate surface area is 188 Å². The summed E-state index contributed by atoms with van der Waals surface area (Å²) in [5.41, 5.74) is 1.73. The first-order valence-electron chi connectivity index (χ1n) is 9.29. The van der Waals surface area contributed by atoms with Gasteiger partial charge in [-0.1, -0.05) is 23.7 Å². The van der Waals surface area contributed by atoms with E-state index in [9.17, 15) is 19.6 Å². The lowest BCUT2D eigenvalue weighted by Gasteiger charge is -2.07. The van der Waals surface area contributed by atoms with Gasteiger partial charge in [0.25, 0.3) is 11.8 Å². The van der Waals surface area contributed by atoms with Gasteiger partial charge in [-0.05, 0) is 72.3 Å². The number of hydrogen-bond donors (Lipinski definition) is 3. The molecule has 0 saturated carbocycles. The first-order valence-corrected chi connectivity index (χ1v) is 9.67. The molecule has 8 heteroatoms. The van der Waals surface area contributed by atoms with Crippen LogP contribution in [0, 0.1) is 11.3 Å². The normalized spacial score (nSPS) is 10.7. The molecule has 0 bridgehead atoms. The quantitative estimate of drug-likeness (QED) is 0.370. The molecule has 32 heavy (non-hydrogen) atoms. The molecule has 0 atom stereocenters. The Balaban J connectivity index is 1.73. The number of anilines is 2. The van der Waals surface area contributed by atoms with E-state index in [0.717, 1.165) is 0 Å². The van der Waals surface area contributed by atoms with Gasteiger partial charge in [-0.3, -0.25) is 9.59 Å². The van der Waals surface area contributed by atoms with Crippen molar-refractivity contribution < 1.29 is 19.5 Å². The maximum Gasteiger partial charge on any atom is 0.335 e. The number of carbonyl (C=O) groups excluding carboxylic acids is 2. The number of benzene rings is 3. The third-order valence-corrected chi connectivity index (χ3v) is 4.57. The molecule has 0 heterocycles. The molecule has 0 fully saturated rings. The number of hydrogen-bond acceptors (Lipinski definition) is 4. The number of carbonyl (C=O) groups is 3. The first-order chi connectivity index (χ1) is 15.4. The highest BCUT2D eigenvalue weighted by Gasteiger charge is 2.11. The van der Waals surface area contributed by atoms with Crippen molar-refractivity contribution in [1.29, 1.82) is 5.26 Å². The number of carboxylic acid groups (broad SMARTS) is 1. The van der Waals surface area contributed by atoms with E-state index in [-0.39, 0.29) is 17.0 Å². The molecule has 0 aliphatic carbocycles. The molecule has 3 N–H and O–H groups in total. The van der Waals surface area contributed by atoms with Gasteiger partial charge in [0, 0.05) is 22.0 Å². The number of carboxylic acids is 1. The maximum atomic E-state index is 12.4. The van der Waals surface area contributed by atoms with Crippen LogP contribution < -0.4 is 10.6 Å². The van der Waals surface area contributed by atoms with Crippen molar-refractivity contribution in [2.75, 3.05) is 10.6 Å². The number of nitriles is 1. The first kappa shape index (κ1) is 22.3. The molecule has 0 spiro atoms. The molecule has 0 saturated heterocycles. The average Bonchev–Trinajstić information content (AvgIpc) is 2.78. The van der Waals surface area contributed by atoms with Crippen LogP contribution >= 0.6 is 11.6 Å². The lowest BCUT2D eigenvalue weighted by atomic mass is 10.1. The van der Waals surface area contributed by atoms with Crippen LogP contribution in [0.4, 0.5) is 11.4 Å². The molecule has 0 unspecified atom stereocenters. The van der Waals surface area contributed by atoms with Crippen molar-refractivity contribution >= 4 is 46.8 Å². The van der Waals surface area contributed by atoms with E-state index in [1.807, 2.05) is 6.07 Å². The number of aromatic carboxylic acids is 1. The molecule has 7 nitrogen and oxygen atoms in total. The number of nitrogens with zero attached hydrogens (tertiary/aromatic N) is 1. The maximum absolute atomic E-state index is 12.4. The smallest absolute Gasteiger partial charge is 0.335 e. The lowest BCUT2D eigenvalue weighted by Crippen LogP contribution is -2.13. The third-order valence-electron chi connectivity index (χ3n) is 4.32. The minimum absolute atomic E-state index is 0.0801. The third kappa shape index (κ3) is 5.81. The van der Waals surface area contributed by atoms with Crippen molar-refractivity contribution in [3.05, 3.63) is 100 Å². The standard InChI is InChI=1S/C24H16ClN3O4/c25-19-8-4-16(5-9-19)22(29)28-21-3-1-2-15(13-21)12-18(14-26)23(30)27-20-10-6-17(7-11-20)24(31)32/h1-13H,(H,27,30)(H,28,29)(H,31,32)/b18-12+. The summed E-state index contributed by atoms with van der Waals surface area (Å²) in [5.74, 6) is -2.06. The number of nitrogens with one attached hydrogen (secondary N) is 2. The van der Waals surface area contributed by atoms with Gasteiger partial charge in [-0.15, -0.1) is 0 Å². The van der Waals surface area contributed by atoms with Crippen LogP contribution in [-0.4, -0.2) is 22.9 Å². The molecule has 0 aliphatic heterocycles. The summed E-state index contributed by atoms with van der Waals surface area (Å²) in [6, 6.07) is 20.5. The van der Waals surface area contributed by atoms with Crippen molar-refractivity contribution in [2.24, 2.45) is 0 Å². The van der Waals surface area contributed by atoms with Gasteiger partial charge >= 0.3 is 5.97 Å². The number of halogens is 1. The molecule has 3 aromatic rings. The Kier molecular flexibility index (Phi) is 7.01. The van der Waals surface area contributed by atoms with Crippen molar-refractivity contribution in [3.63, 3.8) is 0 Å². The molecule has 2 amide bonds. The molecule has 158 valence electrons. The second kappa shape index (κ2) is 10.1.